The second-order valence-electron chi connectivity index (χ2n) is 6.10. The van der Waals surface area contributed by atoms with Crippen LogP contribution >= 0.6 is 0 Å². The molecule has 1 aromatic carbocycles. The minimum absolute atomic E-state index is 0.326. The van der Waals surface area contributed by atoms with Crippen LogP contribution in [0.1, 0.15) is 33.3 Å². The first-order valence-electron chi connectivity index (χ1n) is 6.37. The highest BCUT2D eigenvalue weighted by molar-refractivity contribution is 5.45. The van der Waals surface area contributed by atoms with Crippen LogP contribution in [0.15, 0.2) is 24.3 Å². The topological polar surface area (TPSA) is 35.5 Å². The maximum atomic E-state index is 10.1. The van der Waals surface area contributed by atoms with Crippen LogP contribution in [-0.2, 0) is 6.54 Å². The Kier molecular flexibility index (Phi) is 4.41. The summed E-state index contributed by atoms with van der Waals surface area (Å²) in [5, 5.41) is 13.5. The van der Waals surface area contributed by atoms with Gasteiger partial charge in [-0.15, -0.1) is 0 Å². The molecule has 0 aliphatic heterocycles. The van der Waals surface area contributed by atoms with Crippen LogP contribution in [0.2, 0.25) is 0 Å². The molecule has 0 spiro atoms. The molecule has 0 atom stereocenters. The van der Waals surface area contributed by atoms with E-state index in [2.05, 4.69) is 34.5 Å². The van der Waals surface area contributed by atoms with Crippen molar-refractivity contribution < 1.29 is 5.11 Å². The SMILES string of the molecule is CN(C)c1ccc(CNC(C)(C)C(C)(C)O)cc1. The number of aliphatic hydroxyl groups is 1. The van der Waals surface area contributed by atoms with Crippen molar-refractivity contribution in [1.29, 1.82) is 0 Å². The van der Waals surface area contributed by atoms with Gasteiger partial charge in [0.05, 0.1) is 5.60 Å². The number of nitrogens with one attached hydrogen (secondary N) is 1. The lowest BCUT2D eigenvalue weighted by Crippen LogP contribution is -2.55. The smallest absolute Gasteiger partial charge is 0.0767 e. The average Bonchev–Trinajstić information content (AvgIpc) is 2.25. The van der Waals surface area contributed by atoms with Crippen LogP contribution in [0.5, 0.6) is 0 Å². The molecule has 1 rings (SSSR count). The summed E-state index contributed by atoms with van der Waals surface area (Å²) in [6.45, 7) is 8.44. The van der Waals surface area contributed by atoms with Gasteiger partial charge in [0.1, 0.15) is 0 Å². The molecule has 3 nitrogen and oxygen atoms in total. The fourth-order valence-corrected chi connectivity index (χ4v) is 1.45. The molecule has 0 aliphatic rings. The van der Waals surface area contributed by atoms with E-state index in [4.69, 9.17) is 0 Å². The summed E-state index contributed by atoms with van der Waals surface area (Å²) in [5.74, 6) is 0. The Morgan fingerprint density at radius 2 is 1.56 bits per heavy atom. The molecule has 0 radical (unpaired) electrons. The van der Waals surface area contributed by atoms with E-state index in [9.17, 15) is 5.11 Å². The molecule has 2 N–H and O–H groups in total. The van der Waals surface area contributed by atoms with Crippen molar-refractivity contribution >= 4 is 5.69 Å². The molecule has 0 unspecified atom stereocenters. The van der Waals surface area contributed by atoms with Crippen molar-refractivity contribution in [3.63, 3.8) is 0 Å². The molecular weight excluding hydrogens is 224 g/mol. The Labute approximate surface area is 111 Å². The van der Waals surface area contributed by atoms with Crippen molar-refractivity contribution in [2.24, 2.45) is 0 Å². The number of anilines is 1. The Hall–Kier alpha value is -1.06. The van der Waals surface area contributed by atoms with Crippen LogP contribution in [-0.4, -0.2) is 30.3 Å². The van der Waals surface area contributed by atoms with Gasteiger partial charge in [-0.2, -0.15) is 0 Å². The zero-order valence-corrected chi connectivity index (χ0v) is 12.4. The van der Waals surface area contributed by atoms with E-state index < -0.39 is 5.60 Å². The van der Waals surface area contributed by atoms with Crippen LogP contribution in [0.4, 0.5) is 5.69 Å². The van der Waals surface area contributed by atoms with Crippen molar-refractivity contribution in [2.75, 3.05) is 19.0 Å². The minimum atomic E-state index is -0.753. The van der Waals surface area contributed by atoms with E-state index in [0.717, 1.165) is 6.54 Å². The summed E-state index contributed by atoms with van der Waals surface area (Å²) in [4.78, 5) is 2.08. The molecular formula is C15H26N2O. The zero-order valence-electron chi connectivity index (χ0n) is 12.4. The second-order valence-corrected chi connectivity index (χ2v) is 6.10. The van der Waals surface area contributed by atoms with E-state index >= 15 is 0 Å². The van der Waals surface area contributed by atoms with Gasteiger partial charge in [0.15, 0.2) is 0 Å². The molecule has 0 aromatic heterocycles. The maximum absolute atomic E-state index is 10.1. The third-order valence-electron chi connectivity index (χ3n) is 3.72. The lowest BCUT2D eigenvalue weighted by atomic mass is 9.86. The van der Waals surface area contributed by atoms with Crippen molar-refractivity contribution in [2.45, 2.75) is 45.4 Å². The summed E-state index contributed by atoms with van der Waals surface area (Å²) in [6.07, 6.45) is 0. The molecule has 3 heteroatoms. The summed E-state index contributed by atoms with van der Waals surface area (Å²) in [7, 11) is 4.06. The highest BCUT2D eigenvalue weighted by Crippen LogP contribution is 2.21. The quantitative estimate of drug-likeness (QED) is 0.842. The molecule has 0 amide bonds. The first-order valence-corrected chi connectivity index (χ1v) is 6.37. The van der Waals surface area contributed by atoms with Crippen LogP contribution in [0.3, 0.4) is 0 Å². The van der Waals surface area contributed by atoms with Gasteiger partial charge in [0.25, 0.3) is 0 Å². The van der Waals surface area contributed by atoms with Gasteiger partial charge in [-0.05, 0) is 45.4 Å². The minimum Gasteiger partial charge on any atom is -0.389 e. The third kappa shape index (κ3) is 3.72. The number of nitrogens with zero attached hydrogens (tertiary/aromatic N) is 1. The molecule has 0 heterocycles. The summed E-state index contributed by atoms with van der Waals surface area (Å²) >= 11 is 0. The van der Waals surface area contributed by atoms with Crippen molar-refractivity contribution in [3.8, 4) is 0 Å². The Bertz CT molecular complexity index is 374. The lowest BCUT2D eigenvalue weighted by molar-refractivity contribution is -0.00531. The predicted octanol–water partition coefficient (Wildman–Crippen LogP) is 2.39. The third-order valence-corrected chi connectivity index (χ3v) is 3.72. The Morgan fingerprint density at radius 3 is 1.94 bits per heavy atom. The molecule has 1 aromatic rings. The van der Waals surface area contributed by atoms with Crippen LogP contribution < -0.4 is 10.2 Å². The van der Waals surface area contributed by atoms with Crippen LogP contribution in [0.25, 0.3) is 0 Å². The van der Waals surface area contributed by atoms with E-state index in [1.165, 1.54) is 11.3 Å². The monoisotopic (exact) mass is 250 g/mol. The number of rotatable bonds is 5. The number of benzene rings is 1. The standard InChI is InChI=1S/C15H26N2O/c1-14(2,15(3,4)18)16-11-12-7-9-13(10-8-12)17(5)6/h7-10,16,18H,11H2,1-6H3. The fraction of sp³-hybridized carbons (Fsp3) is 0.600. The van der Waals surface area contributed by atoms with Gasteiger partial charge >= 0.3 is 0 Å². The molecule has 0 saturated heterocycles. The number of hydrogen-bond donors (Lipinski definition) is 2. The van der Waals surface area contributed by atoms with Crippen LogP contribution in [0, 0.1) is 0 Å². The summed E-state index contributed by atoms with van der Waals surface area (Å²) in [5.41, 5.74) is 1.34. The lowest BCUT2D eigenvalue weighted by Gasteiger charge is -2.38. The molecule has 0 fully saturated rings. The second kappa shape index (κ2) is 5.29. The molecule has 0 bridgehead atoms. The highest BCUT2D eigenvalue weighted by atomic mass is 16.3. The van der Waals surface area contributed by atoms with Gasteiger partial charge < -0.3 is 15.3 Å². The predicted molar refractivity (Wildman–Crippen MR) is 78.0 cm³/mol. The molecule has 0 saturated carbocycles. The van der Waals surface area contributed by atoms with Gasteiger partial charge in [-0.1, -0.05) is 12.1 Å². The van der Waals surface area contributed by atoms with Crippen molar-refractivity contribution in [1.82, 2.24) is 5.32 Å². The fourth-order valence-electron chi connectivity index (χ4n) is 1.45. The summed E-state index contributed by atoms with van der Waals surface area (Å²) in [6, 6.07) is 8.44. The Morgan fingerprint density at radius 1 is 1.06 bits per heavy atom. The normalized spacial score (nSPS) is 12.6. The van der Waals surface area contributed by atoms with E-state index in [1.807, 2.05) is 41.8 Å². The maximum Gasteiger partial charge on any atom is 0.0767 e. The van der Waals surface area contributed by atoms with Crippen molar-refractivity contribution in [3.05, 3.63) is 29.8 Å². The van der Waals surface area contributed by atoms with Gasteiger partial charge in [-0.25, -0.2) is 0 Å². The molecule has 0 aliphatic carbocycles. The highest BCUT2D eigenvalue weighted by Gasteiger charge is 2.34. The average molecular weight is 250 g/mol. The van der Waals surface area contributed by atoms with E-state index in [-0.39, 0.29) is 5.54 Å². The van der Waals surface area contributed by atoms with E-state index in [0.29, 0.717) is 0 Å². The first kappa shape index (κ1) is 15.0. The Balaban J connectivity index is 2.64. The van der Waals surface area contributed by atoms with E-state index in [1.54, 1.807) is 0 Å². The molecule has 102 valence electrons. The van der Waals surface area contributed by atoms with Gasteiger partial charge in [0.2, 0.25) is 0 Å². The van der Waals surface area contributed by atoms with Gasteiger partial charge in [0, 0.05) is 31.9 Å². The zero-order chi connectivity index (χ0) is 14.0. The van der Waals surface area contributed by atoms with Gasteiger partial charge in [-0.3, -0.25) is 0 Å². The summed E-state index contributed by atoms with van der Waals surface area (Å²) < 4.78 is 0. The number of hydrogen-bond acceptors (Lipinski definition) is 3. The molecule has 18 heavy (non-hydrogen) atoms. The first-order chi connectivity index (χ1) is 8.13. The largest absolute Gasteiger partial charge is 0.389 e.